The summed E-state index contributed by atoms with van der Waals surface area (Å²) in [5, 5.41) is 0. The fourth-order valence-corrected chi connectivity index (χ4v) is 3.88. The largest absolute Gasteiger partial charge is 0.298 e. The van der Waals surface area contributed by atoms with Crippen LogP contribution in [0.5, 0.6) is 0 Å². The van der Waals surface area contributed by atoms with Gasteiger partial charge >= 0.3 is 0 Å². The summed E-state index contributed by atoms with van der Waals surface area (Å²) in [6.07, 6.45) is 2.73. The molecule has 1 fully saturated rings. The Morgan fingerprint density at radius 3 is 2.50 bits per heavy atom. The van der Waals surface area contributed by atoms with Crippen LogP contribution in [0.3, 0.4) is 0 Å². The minimum atomic E-state index is -3.36. The van der Waals surface area contributed by atoms with Gasteiger partial charge in [-0.15, -0.1) is 6.58 Å². The van der Waals surface area contributed by atoms with Gasteiger partial charge in [-0.05, 0) is 32.0 Å². The average Bonchev–Trinajstić information content (AvgIpc) is 2.66. The number of benzene rings is 1. The van der Waals surface area contributed by atoms with Gasteiger partial charge in [0.05, 0.1) is 4.90 Å². The Balaban J connectivity index is 2.13. The molecule has 0 spiro atoms. The molecule has 1 aromatic rings. The van der Waals surface area contributed by atoms with Crippen LogP contribution >= 0.6 is 0 Å². The first kappa shape index (κ1) is 15.2. The summed E-state index contributed by atoms with van der Waals surface area (Å²) in [6, 6.07) is 7.07. The first-order chi connectivity index (χ1) is 9.54. The van der Waals surface area contributed by atoms with Crippen LogP contribution in [0, 0.1) is 6.92 Å². The fraction of sp³-hybridized carbons (Fsp3) is 0.467. The summed E-state index contributed by atoms with van der Waals surface area (Å²) in [5.41, 5.74) is 1.07. The number of rotatable bonds is 4. The van der Waals surface area contributed by atoms with Gasteiger partial charge in [0.1, 0.15) is 0 Å². The van der Waals surface area contributed by atoms with Crippen LogP contribution in [0.15, 0.2) is 41.8 Å². The second-order valence-corrected chi connectivity index (χ2v) is 7.10. The molecular formula is C15H22N2O2S. The quantitative estimate of drug-likeness (QED) is 0.796. The lowest BCUT2D eigenvalue weighted by molar-refractivity contribution is 0.316. The van der Waals surface area contributed by atoms with E-state index >= 15 is 0 Å². The third-order valence-electron chi connectivity index (χ3n) is 3.59. The van der Waals surface area contributed by atoms with Crippen molar-refractivity contribution < 1.29 is 8.42 Å². The zero-order valence-corrected chi connectivity index (χ0v) is 12.8. The predicted molar refractivity (Wildman–Crippen MR) is 81.2 cm³/mol. The van der Waals surface area contributed by atoms with Crippen molar-refractivity contribution in [3.63, 3.8) is 0 Å². The molecule has 1 aromatic carbocycles. The third kappa shape index (κ3) is 3.48. The number of sulfonamides is 1. The Labute approximate surface area is 121 Å². The fourth-order valence-electron chi connectivity index (χ4n) is 2.41. The molecular weight excluding hydrogens is 272 g/mol. The lowest BCUT2D eigenvalue weighted by atomic mass is 10.2. The van der Waals surface area contributed by atoms with Crippen LogP contribution in [-0.2, 0) is 10.0 Å². The van der Waals surface area contributed by atoms with E-state index in [0.717, 1.165) is 31.6 Å². The van der Waals surface area contributed by atoms with E-state index in [-0.39, 0.29) is 0 Å². The summed E-state index contributed by atoms with van der Waals surface area (Å²) in [6.45, 7) is 9.32. The molecule has 0 unspecified atom stereocenters. The van der Waals surface area contributed by atoms with Crippen LogP contribution in [-0.4, -0.2) is 50.3 Å². The Morgan fingerprint density at radius 2 is 1.85 bits per heavy atom. The van der Waals surface area contributed by atoms with Gasteiger partial charge in [-0.3, -0.25) is 4.90 Å². The highest BCUT2D eigenvalue weighted by molar-refractivity contribution is 7.89. The number of hydrogen-bond donors (Lipinski definition) is 0. The van der Waals surface area contributed by atoms with Gasteiger partial charge in [0.25, 0.3) is 0 Å². The third-order valence-corrected chi connectivity index (χ3v) is 5.51. The molecule has 1 aliphatic heterocycles. The summed E-state index contributed by atoms with van der Waals surface area (Å²) in [4.78, 5) is 2.62. The van der Waals surface area contributed by atoms with Gasteiger partial charge in [-0.25, -0.2) is 8.42 Å². The molecule has 20 heavy (non-hydrogen) atoms. The molecule has 1 heterocycles. The zero-order chi connectivity index (χ0) is 14.6. The van der Waals surface area contributed by atoms with Crippen molar-refractivity contribution in [2.24, 2.45) is 0 Å². The Hall–Kier alpha value is -1.17. The van der Waals surface area contributed by atoms with Crippen LogP contribution in [0.25, 0.3) is 0 Å². The highest BCUT2D eigenvalue weighted by Gasteiger charge is 2.26. The lowest BCUT2D eigenvalue weighted by Gasteiger charge is -2.21. The molecule has 110 valence electrons. The van der Waals surface area contributed by atoms with Crippen molar-refractivity contribution in [1.82, 2.24) is 9.21 Å². The van der Waals surface area contributed by atoms with Gasteiger partial charge in [0.2, 0.25) is 10.0 Å². The van der Waals surface area contributed by atoms with E-state index in [9.17, 15) is 8.42 Å². The SMILES string of the molecule is C=CCN1CCCN(S(=O)(=O)c2ccc(C)cc2)CC1. The Bertz CT molecular complexity index is 552. The molecule has 5 heteroatoms. The smallest absolute Gasteiger partial charge is 0.243 e. The van der Waals surface area contributed by atoms with Crippen molar-refractivity contribution in [3.8, 4) is 0 Å². The van der Waals surface area contributed by atoms with Gasteiger partial charge in [-0.2, -0.15) is 4.31 Å². The normalized spacial score (nSPS) is 18.6. The maximum absolute atomic E-state index is 12.6. The Morgan fingerprint density at radius 1 is 1.15 bits per heavy atom. The molecule has 1 aliphatic rings. The topological polar surface area (TPSA) is 40.6 Å². The molecule has 1 saturated heterocycles. The number of hydrogen-bond acceptors (Lipinski definition) is 3. The minimum Gasteiger partial charge on any atom is -0.298 e. The molecule has 2 rings (SSSR count). The van der Waals surface area contributed by atoms with Crippen LogP contribution in [0.4, 0.5) is 0 Å². The van der Waals surface area contributed by atoms with Crippen LogP contribution in [0.1, 0.15) is 12.0 Å². The van der Waals surface area contributed by atoms with Crippen LogP contribution < -0.4 is 0 Å². The van der Waals surface area contributed by atoms with Crippen molar-refractivity contribution in [1.29, 1.82) is 0 Å². The second-order valence-electron chi connectivity index (χ2n) is 5.16. The van der Waals surface area contributed by atoms with Gasteiger partial charge in [0.15, 0.2) is 0 Å². The summed E-state index contributed by atoms with van der Waals surface area (Å²) in [7, 11) is -3.36. The lowest BCUT2D eigenvalue weighted by Crippen LogP contribution is -2.35. The molecule has 4 nitrogen and oxygen atoms in total. The van der Waals surface area contributed by atoms with Crippen molar-refractivity contribution >= 4 is 10.0 Å². The van der Waals surface area contributed by atoms with E-state index in [2.05, 4.69) is 11.5 Å². The molecule has 0 amide bonds. The van der Waals surface area contributed by atoms with Crippen molar-refractivity contribution in [3.05, 3.63) is 42.5 Å². The van der Waals surface area contributed by atoms with Gasteiger partial charge < -0.3 is 0 Å². The molecule has 0 atom stereocenters. The van der Waals surface area contributed by atoms with E-state index in [1.165, 1.54) is 0 Å². The van der Waals surface area contributed by atoms with E-state index in [1.807, 2.05) is 25.1 Å². The van der Waals surface area contributed by atoms with E-state index < -0.39 is 10.0 Å². The number of aryl methyl sites for hydroxylation is 1. The molecule has 0 bridgehead atoms. The van der Waals surface area contributed by atoms with Crippen molar-refractivity contribution in [2.45, 2.75) is 18.2 Å². The van der Waals surface area contributed by atoms with Crippen molar-refractivity contribution in [2.75, 3.05) is 32.7 Å². The van der Waals surface area contributed by atoms with E-state index in [0.29, 0.717) is 18.0 Å². The minimum absolute atomic E-state index is 0.389. The highest BCUT2D eigenvalue weighted by Crippen LogP contribution is 2.18. The molecule has 0 aromatic heterocycles. The summed E-state index contributed by atoms with van der Waals surface area (Å²) < 4.78 is 26.8. The first-order valence-corrected chi connectivity index (χ1v) is 8.38. The maximum Gasteiger partial charge on any atom is 0.243 e. The van der Waals surface area contributed by atoms with Crippen LogP contribution in [0.2, 0.25) is 0 Å². The predicted octanol–water partition coefficient (Wildman–Crippen LogP) is 1.88. The number of nitrogens with zero attached hydrogens (tertiary/aromatic N) is 2. The Kier molecular flexibility index (Phi) is 4.96. The summed E-state index contributed by atoms with van der Waals surface area (Å²) >= 11 is 0. The van der Waals surface area contributed by atoms with Gasteiger partial charge in [-0.1, -0.05) is 23.8 Å². The summed E-state index contributed by atoms with van der Waals surface area (Å²) in [5.74, 6) is 0. The molecule has 0 N–H and O–H groups in total. The monoisotopic (exact) mass is 294 g/mol. The maximum atomic E-state index is 12.6. The highest BCUT2D eigenvalue weighted by atomic mass is 32.2. The zero-order valence-electron chi connectivity index (χ0n) is 12.0. The van der Waals surface area contributed by atoms with Gasteiger partial charge in [0, 0.05) is 26.2 Å². The van der Waals surface area contributed by atoms with E-state index in [4.69, 9.17) is 0 Å². The van der Waals surface area contributed by atoms with E-state index in [1.54, 1.807) is 16.4 Å². The molecule has 0 saturated carbocycles. The average molecular weight is 294 g/mol. The molecule has 0 radical (unpaired) electrons. The second kappa shape index (κ2) is 6.52. The molecule has 0 aliphatic carbocycles. The standard InChI is InChI=1S/C15H22N2O2S/c1-3-9-16-10-4-11-17(13-12-16)20(18,19)15-7-5-14(2)6-8-15/h3,5-8H,1,4,9-13H2,2H3. The first-order valence-electron chi connectivity index (χ1n) is 6.94.